The Hall–Kier alpha value is -0.900. The van der Waals surface area contributed by atoms with E-state index in [2.05, 4.69) is 15.9 Å². The molecule has 19 heavy (non-hydrogen) atoms. The minimum absolute atomic E-state index is 0.0498. The largest absolute Gasteiger partial charge is 0.496 e. The molecule has 1 aliphatic rings. The third-order valence-electron chi connectivity index (χ3n) is 3.73. The molecular weight excluding hydrogens is 311 g/mol. The fourth-order valence-corrected chi connectivity index (χ4v) is 2.99. The predicted octanol–water partition coefficient (Wildman–Crippen LogP) is 4.75. The van der Waals surface area contributed by atoms with Crippen LogP contribution in [0.1, 0.15) is 48.9 Å². The van der Waals surface area contributed by atoms with E-state index in [9.17, 15) is 9.18 Å². The van der Waals surface area contributed by atoms with Crippen molar-refractivity contribution in [2.45, 2.75) is 38.5 Å². The average molecular weight is 329 g/mol. The van der Waals surface area contributed by atoms with Gasteiger partial charge in [0.1, 0.15) is 11.6 Å². The number of rotatable bonds is 3. The van der Waals surface area contributed by atoms with Crippen LogP contribution in [0, 0.1) is 11.7 Å². The maximum absolute atomic E-state index is 13.5. The standard InChI is InChI=1S/C15H18BrFO2/c1-19-14-9-13(17)12(16)8-11(14)15(18)10-6-4-2-3-5-7-10/h8-10H,2-7H2,1H3. The maximum atomic E-state index is 13.5. The Morgan fingerprint density at radius 2 is 1.89 bits per heavy atom. The van der Waals surface area contributed by atoms with Gasteiger partial charge in [-0.1, -0.05) is 25.7 Å². The molecule has 1 aromatic rings. The van der Waals surface area contributed by atoms with E-state index in [1.165, 1.54) is 26.0 Å². The Morgan fingerprint density at radius 3 is 2.47 bits per heavy atom. The predicted molar refractivity (Wildman–Crippen MR) is 76.2 cm³/mol. The van der Waals surface area contributed by atoms with E-state index in [1.54, 1.807) is 6.07 Å². The number of methoxy groups -OCH3 is 1. The number of hydrogen-bond donors (Lipinski definition) is 0. The smallest absolute Gasteiger partial charge is 0.169 e. The fourth-order valence-electron chi connectivity index (χ4n) is 2.65. The van der Waals surface area contributed by atoms with Crippen molar-refractivity contribution in [1.29, 1.82) is 0 Å². The van der Waals surface area contributed by atoms with Gasteiger partial charge in [-0.3, -0.25) is 4.79 Å². The van der Waals surface area contributed by atoms with Gasteiger partial charge in [0.25, 0.3) is 0 Å². The van der Waals surface area contributed by atoms with Crippen molar-refractivity contribution in [2.75, 3.05) is 7.11 Å². The number of carbonyl (C=O) groups is 1. The molecule has 2 rings (SSSR count). The molecule has 0 unspecified atom stereocenters. The Labute approximate surface area is 121 Å². The van der Waals surface area contributed by atoms with Crippen LogP contribution in [0.4, 0.5) is 4.39 Å². The highest BCUT2D eigenvalue weighted by Crippen LogP contribution is 2.32. The summed E-state index contributed by atoms with van der Waals surface area (Å²) in [7, 11) is 1.46. The van der Waals surface area contributed by atoms with E-state index in [1.807, 2.05) is 0 Å². The zero-order valence-electron chi connectivity index (χ0n) is 11.0. The summed E-state index contributed by atoms with van der Waals surface area (Å²) in [5, 5.41) is 0. The van der Waals surface area contributed by atoms with Crippen LogP contribution in [-0.2, 0) is 0 Å². The van der Waals surface area contributed by atoms with Crippen molar-refractivity contribution >= 4 is 21.7 Å². The quantitative estimate of drug-likeness (QED) is 0.591. The number of benzene rings is 1. The van der Waals surface area contributed by atoms with E-state index in [0.29, 0.717) is 15.8 Å². The number of halogens is 2. The molecule has 0 N–H and O–H groups in total. The van der Waals surface area contributed by atoms with Gasteiger partial charge in [0.05, 0.1) is 17.1 Å². The van der Waals surface area contributed by atoms with Crippen molar-refractivity contribution in [1.82, 2.24) is 0 Å². The minimum atomic E-state index is -0.408. The molecule has 0 aromatic heterocycles. The van der Waals surface area contributed by atoms with Crippen LogP contribution in [-0.4, -0.2) is 12.9 Å². The first-order chi connectivity index (χ1) is 9.13. The lowest BCUT2D eigenvalue weighted by molar-refractivity contribution is 0.0904. The summed E-state index contributed by atoms with van der Waals surface area (Å²) < 4.78 is 18.9. The van der Waals surface area contributed by atoms with E-state index in [-0.39, 0.29) is 11.7 Å². The SMILES string of the molecule is COc1cc(F)c(Br)cc1C(=O)C1CCCCCC1. The molecule has 1 fully saturated rings. The van der Waals surface area contributed by atoms with Gasteiger partial charge in [0.2, 0.25) is 0 Å². The summed E-state index contributed by atoms with van der Waals surface area (Å²) >= 11 is 3.13. The van der Waals surface area contributed by atoms with Crippen LogP contribution in [0.15, 0.2) is 16.6 Å². The van der Waals surface area contributed by atoms with Crippen molar-refractivity contribution in [2.24, 2.45) is 5.92 Å². The summed E-state index contributed by atoms with van der Waals surface area (Å²) in [5.41, 5.74) is 0.489. The molecule has 2 nitrogen and oxygen atoms in total. The van der Waals surface area contributed by atoms with Gasteiger partial charge in [0, 0.05) is 12.0 Å². The summed E-state index contributed by atoms with van der Waals surface area (Å²) in [4.78, 5) is 12.6. The molecule has 0 heterocycles. The molecule has 1 aliphatic carbocycles. The number of hydrogen-bond acceptors (Lipinski definition) is 2. The first-order valence-corrected chi connectivity index (χ1v) is 7.50. The Kier molecular flexibility index (Phi) is 4.97. The maximum Gasteiger partial charge on any atom is 0.169 e. The summed E-state index contributed by atoms with van der Waals surface area (Å²) in [6.45, 7) is 0. The number of Topliss-reactive ketones (excluding diaryl/α,β-unsaturated/α-hetero) is 1. The van der Waals surface area contributed by atoms with E-state index >= 15 is 0 Å². The lowest BCUT2D eigenvalue weighted by Gasteiger charge is -2.15. The van der Waals surface area contributed by atoms with Crippen molar-refractivity contribution in [3.05, 3.63) is 28.0 Å². The molecule has 0 saturated heterocycles. The van der Waals surface area contributed by atoms with Crippen molar-refractivity contribution < 1.29 is 13.9 Å². The second-order valence-corrected chi connectivity index (χ2v) is 5.87. The van der Waals surface area contributed by atoms with Gasteiger partial charge >= 0.3 is 0 Å². The number of ketones is 1. The second kappa shape index (κ2) is 6.51. The molecule has 0 spiro atoms. The van der Waals surface area contributed by atoms with Crippen LogP contribution >= 0.6 is 15.9 Å². The fraction of sp³-hybridized carbons (Fsp3) is 0.533. The highest BCUT2D eigenvalue weighted by Gasteiger charge is 2.25. The monoisotopic (exact) mass is 328 g/mol. The Balaban J connectivity index is 2.29. The molecule has 0 aliphatic heterocycles. The lowest BCUT2D eigenvalue weighted by Crippen LogP contribution is -2.15. The van der Waals surface area contributed by atoms with Gasteiger partial charge in [-0.05, 0) is 34.8 Å². The van der Waals surface area contributed by atoms with Gasteiger partial charge in [-0.2, -0.15) is 0 Å². The van der Waals surface area contributed by atoms with E-state index in [4.69, 9.17) is 4.74 Å². The van der Waals surface area contributed by atoms with Crippen LogP contribution in [0.5, 0.6) is 5.75 Å². The average Bonchev–Trinajstić information content (AvgIpc) is 2.69. The second-order valence-electron chi connectivity index (χ2n) is 5.02. The molecule has 104 valence electrons. The van der Waals surface area contributed by atoms with Crippen LogP contribution in [0.3, 0.4) is 0 Å². The first-order valence-electron chi connectivity index (χ1n) is 6.70. The van der Waals surface area contributed by atoms with Gasteiger partial charge in [0.15, 0.2) is 5.78 Å². The van der Waals surface area contributed by atoms with Crippen molar-refractivity contribution in [3.8, 4) is 5.75 Å². The summed E-state index contributed by atoms with van der Waals surface area (Å²) in [6.07, 6.45) is 6.46. The topological polar surface area (TPSA) is 26.3 Å². The zero-order valence-corrected chi connectivity index (χ0v) is 12.6. The molecule has 1 saturated carbocycles. The molecule has 0 radical (unpaired) electrons. The third kappa shape index (κ3) is 3.35. The van der Waals surface area contributed by atoms with E-state index in [0.717, 1.165) is 25.7 Å². The van der Waals surface area contributed by atoms with Gasteiger partial charge in [-0.25, -0.2) is 4.39 Å². The number of carbonyl (C=O) groups excluding carboxylic acids is 1. The molecule has 0 atom stereocenters. The molecular formula is C15H18BrFO2. The Bertz CT molecular complexity index is 465. The van der Waals surface area contributed by atoms with Crippen LogP contribution in [0.2, 0.25) is 0 Å². The molecule has 4 heteroatoms. The van der Waals surface area contributed by atoms with Crippen molar-refractivity contribution in [3.63, 3.8) is 0 Å². The highest BCUT2D eigenvalue weighted by atomic mass is 79.9. The molecule has 0 amide bonds. The normalized spacial score (nSPS) is 17.0. The van der Waals surface area contributed by atoms with E-state index < -0.39 is 5.82 Å². The summed E-state index contributed by atoms with van der Waals surface area (Å²) in [6, 6.07) is 2.81. The number of ether oxygens (including phenoxy) is 1. The highest BCUT2D eigenvalue weighted by molar-refractivity contribution is 9.10. The Morgan fingerprint density at radius 1 is 1.26 bits per heavy atom. The van der Waals surface area contributed by atoms with Gasteiger partial charge < -0.3 is 4.74 Å². The molecule has 1 aromatic carbocycles. The molecule has 0 bridgehead atoms. The van der Waals surface area contributed by atoms with Crippen LogP contribution < -0.4 is 4.74 Å². The lowest BCUT2D eigenvalue weighted by atomic mass is 9.90. The third-order valence-corrected chi connectivity index (χ3v) is 4.34. The summed E-state index contributed by atoms with van der Waals surface area (Å²) in [5.74, 6) is 0.0532. The first kappa shape index (κ1) is 14.5. The van der Waals surface area contributed by atoms with Gasteiger partial charge in [-0.15, -0.1) is 0 Å². The zero-order chi connectivity index (χ0) is 13.8. The van der Waals surface area contributed by atoms with Crippen LogP contribution in [0.25, 0.3) is 0 Å². The minimum Gasteiger partial charge on any atom is -0.496 e.